The summed E-state index contributed by atoms with van der Waals surface area (Å²) in [5.74, 6) is 0.999. The van der Waals surface area contributed by atoms with Crippen molar-refractivity contribution in [3.05, 3.63) is 16.7 Å². The summed E-state index contributed by atoms with van der Waals surface area (Å²) in [4.78, 5) is 0. The molecule has 5 nitrogen and oxygen atoms in total. The van der Waals surface area contributed by atoms with Crippen molar-refractivity contribution in [1.29, 1.82) is 0 Å². The van der Waals surface area contributed by atoms with Crippen LogP contribution in [0.2, 0.25) is 0 Å². The molecule has 7 heteroatoms. The van der Waals surface area contributed by atoms with Gasteiger partial charge in [0.25, 0.3) is 0 Å². The molecule has 1 aliphatic rings. The van der Waals surface area contributed by atoms with Crippen LogP contribution in [-0.4, -0.2) is 34.3 Å². The minimum atomic E-state index is -0.411. The van der Waals surface area contributed by atoms with Gasteiger partial charge in [-0.05, 0) is 40.1 Å². The van der Waals surface area contributed by atoms with Gasteiger partial charge < -0.3 is 15.0 Å². The Labute approximate surface area is 125 Å². The van der Waals surface area contributed by atoms with Crippen LogP contribution in [0.25, 0.3) is 6.08 Å². The number of rotatable bonds is 3. The van der Waals surface area contributed by atoms with E-state index in [0.29, 0.717) is 11.6 Å². The van der Waals surface area contributed by atoms with Crippen molar-refractivity contribution in [3.63, 3.8) is 0 Å². The van der Waals surface area contributed by atoms with Gasteiger partial charge in [-0.25, -0.2) is 0 Å². The lowest BCUT2D eigenvalue weighted by atomic mass is 9.78. The van der Waals surface area contributed by atoms with E-state index in [2.05, 4.69) is 22.8 Å². The highest BCUT2D eigenvalue weighted by molar-refractivity contribution is 7.80. The lowest BCUT2D eigenvalue weighted by molar-refractivity contribution is 0.00578. The Morgan fingerprint density at radius 2 is 1.90 bits per heavy atom. The zero-order valence-corrected chi connectivity index (χ0v) is 13.5. The number of nitrogens with two attached hydrogens (primary N) is 1. The Morgan fingerprint density at radius 1 is 1.35 bits per heavy atom. The molecular weight excluding hydrogens is 273 g/mol. The summed E-state index contributed by atoms with van der Waals surface area (Å²) < 4.78 is 12.1. The van der Waals surface area contributed by atoms with E-state index in [1.165, 1.54) is 0 Å². The summed E-state index contributed by atoms with van der Waals surface area (Å²) in [6, 6.07) is 0. The van der Waals surface area contributed by atoms with E-state index < -0.39 is 7.12 Å². The fourth-order valence-electron chi connectivity index (χ4n) is 2.01. The van der Waals surface area contributed by atoms with Crippen LogP contribution in [-0.2, 0) is 9.31 Å². The molecule has 20 heavy (non-hydrogen) atoms. The summed E-state index contributed by atoms with van der Waals surface area (Å²) in [5.41, 5.74) is 7.84. The third kappa shape index (κ3) is 2.62. The lowest BCUT2D eigenvalue weighted by Crippen LogP contribution is -2.41. The Morgan fingerprint density at radius 3 is 2.30 bits per heavy atom. The molecule has 0 atom stereocenters. The summed E-state index contributed by atoms with van der Waals surface area (Å²) in [5, 5.41) is 6.85. The van der Waals surface area contributed by atoms with Crippen molar-refractivity contribution in [3.8, 4) is 0 Å². The molecule has 0 unspecified atom stereocenters. The van der Waals surface area contributed by atoms with E-state index in [-0.39, 0.29) is 11.2 Å². The highest BCUT2D eigenvalue weighted by atomic mass is 32.1. The molecule has 3 N–H and O–H groups in total. The largest absolute Gasteiger partial charge is 0.491 e. The third-order valence-corrected chi connectivity index (χ3v) is 4.46. The van der Waals surface area contributed by atoms with E-state index in [0.717, 1.165) is 16.7 Å². The smallest absolute Gasteiger partial charge is 0.400 e. The summed E-state index contributed by atoms with van der Waals surface area (Å²) in [6.45, 7) is 10.0. The number of thiol groups is 1. The second-order valence-electron chi connectivity index (χ2n) is 6.11. The Kier molecular flexibility index (Phi) is 3.97. The number of hydrogen-bond donors (Lipinski definition) is 3. The van der Waals surface area contributed by atoms with Crippen LogP contribution >= 0.6 is 12.6 Å². The minimum Gasteiger partial charge on any atom is -0.400 e. The fraction of sp³-hybridized carbons (Fsp3) is 0.615. The minimum absolute atomic E-state index is 0.364. The predicted molar refractivity (Wildman–Crippen MR) is 85.6 cm³/mol. The van der Waals surface area contributed by atoms with Gasteiger partial charge in [-0.15, -0.1) is 0 Å². The topological polar surface area (TPSA) is 73.2 Å². The van der Waals surface area contributed by atoms with Crippen molar-refractivity contribution in [2.24, 2.45) is 0 Å². The molecule has 1 saturated heterocycles. The van der Waals surface area contributed by atoms with Crippen molar-refractivity contribution in [1.82, 2.24) is 10.2 Å². The predicted octanol–water partition coefficient (Wildman–Crippen LogP) is 2.24. The first-order valence-electron chi connectivity index (χ1n) is 6.65. The van der Waals surface area contributed by atoms with Crippen LogP contribution in [0.1, 0.15) is 39.0 Å². The highest BCUT2D eigenvalue weighted by Gasteiger charge is 2.52. The maximum atomic E-state index is 6.03. The zero-order valence-electron chi connectivity index (χ0n) is 12.7. The number of hydrogen-bond acceptors (Lipinski definition) is 5. The third-order valence-electron chi connectivity index (χ3n) is 4.09. The molecule has 2 rings (SSSR count). The van der Waals surface area contributed by atoms with Gasteiger partial charge in [-0.1, -0.05) is 6.08 Å². The lowest BCUT2D eigenvalue weighted by Gasteiger charge is -2.32. The summed E-state index contributed by atoms with van der Waals surface area (Å²) >= 11 is 4.38. The number of aryl methyl sites for hydroxylation is 1. The van der Waals surface area contributed by atoms with Gasteiger partial charge >= 0.3 is 7.12 Å². The first-order chi connectivity index (χ1) is 9.18. The van der Waals surface area contributed by atoms with Gasteiger partial charge in [0.1, 0.15) is 0 Å². The quantitative estimate of drug-likeness (QED) is 0.590. The van der Waals surface area contributed by atoms with Crippen molar-refractivity contribution in [2.45, 2.75) is 45.8 Å². The van der Waals surface area contributed by atoms with Crippen LogP contribution < -0.4 is 5.73 Å². The number of aromatic nitrogens is 2. The molecular formula is C13H22BN3O2S. The number of anilines is 1. The fourth-order valence-corrected chi connectivity index (χ4v) is 2.25. The number of nitrogen functional groups attached to an aromatic ring is 1. The Hall–Kier alpha value is -0.915. The van der Waals surface area contributed by atoms with Gasteiger partial charge in [0.2, 0.25) is 0 Å². The molecule has 1 aliphatic heterocycles. The zero-order chi connectivity index (χ0) is 15.1. The molecule has 0 amide bonds. The first kappa shape index (κ1) is 15.5. The standard InChI is InChI=1S/C13H22BN3O2S/c1-8-10(11(15)17-16-8)6-9(7-20)14-18-12(2,3)13(4,5)19-14/h6,20H,7H2,1-5H3,(H3,15,16,17). The van der Waals surface area contributed by atoms with Crippen LogP contribution in [0.4, 0.5) is 5.82 Å². The van der Waals surface area contributed by atoms with E-state index in [1.807, 2.05) is 40.7 Å². The average molecular weight is 295 g/mol. The molecule has 0 saturated carbocycles. The maximum absolute atomic E-state index is 6.03. The van der Waals surface area contributed by atoms with Gasteiger partial charge in [0.05, 0.1) is 11.2 Å². The number of nitrogens with zero attached hydrogens (tertiary/aromatic N) is 1. The normalized spacial score (nSPS) is 21.5. The molecule has 2 heterocycles. The van der Waals surface area contributed by atoms with Crippen LogP contribution in [0.3, 0.4) is 0 Å². The Bertz CT molecular complexity index is 504. The molecule has 1 aromatic rings. The molecule has 0 aromatic carbocycles. The number of aromatic amines is 1. The molecule has 0 aliphatic carbocycles. The summed E-state index contributed by atoms with van der Waals surface area (Å²) in [6.07, 6.45) is 1.95. The number of nitrogens with one attached hydrogen (secondary N) is 1. The second-order valence-corrected chi connectivity index (χ2v) is 6.43. The Balaban J connectivity index is 2.31. The molecule has 0 bridgehead atoms. The van der Waals surface area contributed by atoms with Crippen LogP contribution in [0, 0.1) is 6.92 Å². The maximum Gasteiger partial charge on any atom is 0.491 e. The molecule has 0 radical (unpaired) electrons. The molecule has 0 spiro atoms. The SMILES string of the molecule is Cc1[nH]nc(N)c1C=C(CS)B1OC(C)(C)C(C)(C)O1. The molecule has 1 aromatic heterocycles. The van der Waals surface area contributed by atoms with Gasteiger partial charge in [0.15, 0.2) is 5.82 Å². The molecule has 110 valence electrons. The van der Waals surface area contributed by atoms with Gasteiger partial charge in [-0.3, -0.25) is 5.10 Å². The van der Waals surface area contributed by atoms with Crippen LogP contribution in [0.15, 0.2) is 5.47 Å². The van der Waals surface area contributed by atoms with E-state index in [9.17, 15) is 0 Å². The van der Waals surface area contributed by atoms with Gasteiger partial charge in [0, 0.05) is 17.0 Å². The summed E-state index contributed by atoms with van der Waals surface area (Å²) in [7, 11) is -0.411. The average Bonchev–Trinajstić information content (AvgIpc) is 2.75. The number of H-pyrrole nitrogens is 1. The van der Waals surface area contributed by atoms with Crippen molar-refractivity contribution < 1.29 is 9.31 Å². The van der Waals surface area contributed by atoms with Crippen LogP contribution in [0.5, 0.6) is 0 Å². The van der Waals surface area contributed by atoms with Gasteiger partial charge in [-0.2, -0.15) is 17.7 Å². The second kappa shape index (κ2) is 5.13. The van der Waals surface area contributed by atoms with Crippen molar-refractivity contribution in [2.75, 3.05) is 11.5 Å². The van der Waals surface area contributed by atoms with E-state index >= 15 is 0 Å². The van der Waals surface area contributed by atoms with E-state index in [4.69, 9.17) is 15.0 Å². The highest BCUT2D eigenvalue weighted by Crippen LogP contribution is 2.39. The monoisotopic (exact) mass is 295 g/mol. The van der Waals surface area contributed by atoms with E-state index in [1.54, 1.807) is 0 Å². The molecule has 1 fully saturated rings. The van der Waals surface area contributed by atoms with Crippen molar-refractivity contribution >= 4 is 31.6 Å². The first-order valence-corrected chi connectivity index (χ1v) is 7.28.